The average Bonchev–Trinajstić information content (AvgIpc) is 2.16. The molecule has 1 aromatic carbocycles. The summed E-state index contributed by atoms with van der Waals surface area (Å²) in [4.78, 5) is 0.256. The molecule has 0 aliphatic rings. The first-order chi connectivity index (χ1) is 7.39. The Morgan fingerprint density at radius 1 is 1.38 bits per heavy atom. The maximum Gasteiger partial charge on any atom is 0.175 e. The summed E-state index contributed by atoms with van der Waals surface area (Å²) in [5, 5.41) is 6.99. The topological polar surface area (TPSA) is 93.2 Å². The molecule has 5 nitrogen and oxygen atoms in total. The lowest BCUT2D eigenvalue weighted by molar-refractivity contribution is 0.328. The van der Waals surface area contributed by atoms with Crippen molar-refractivity contribution in [3.8, 4) is 5.75 Å². The Hall–Kier alpha value is -1.56. The van der Waals surface area contributed by atoms with Crippen LogP contribution in [-0.4, -0.2) is 27.1 Å². The first kappa shape index (κ1) is 12.5. The summed E-state index contributed by atoms with van der Waals surface area (Å²) in [6.45, 7) is 0.313. The van der Waals surface area contributed by atoms with Crippen LogP contribution in [-0.2, 0) is 9.84 Å². The largest absolute Gasteiger partial charge is 0.493 e. The Kier molecular flexibility index (Phi) is 3.89. The standard InChI is InChI=1S/C10H14N2O3S/c1-16(13,14)9-4-2-8(3-5-9)15-7-6-10(11)12/h2-5H,6-7H2,1H3,(H3,11,12). The Labute approximate surface area is 94.7 Å². The van der Waals surface area contributed by atoms with E-state index in [0.29, 0.717) is 18.8 Å². The van der Waals surface area contributed by atoms with Crippen molar-refractivity contribution in [2.45, 2.75) is 11.3 Å². The van der Waals surface area contributed by atoms with E-state index in [0.717, 1.165) is 6.26 Å². The number of benzene rings is 1. The zero-order chi connectivity index (χ0) is 12.2. The Morgan fingerprint density at radius 2 is 1.94 bits per heavy atom. The van der Waals surface area contributed by atoms with Gasteiger partial charge in [-0.3, -0.25) is 5.41 Å². The van der Waals surface area contributed by atoms with Crippen molar-refractivity contribution in [2.75, 3.05) is 12.9 Å². The lowest BCUT2D eigenvalue weighted by atomic mass is 10.3. The van der Waals surface area contributed by atoms with E-state index in [9.17, 15) is 8.42 Å². The van der Waals surface area contributed by atoms with E-state index in [2.05, 4.69) is 0 Å². The van der Waals surface area contributed by atoms with Gasteiger partial charge >= 0.3 is 0 Å². The predicted molar refractivity (Wildman–Crippen MR) is 61.6 cm³/mol. The van der Waals surface area contributed by atoms with Gasteiger partial charge in [0.1, 0.15) is 5.75 Å². The van der Waals surface area contributed by atoms with E-state index in [-0.39, 0.29) is 10.7 Å². The van der Waals surface area contributed by atoms with Crippen LogP contribution in [0.4, 0.5) is 0 Å². The van der Waals surface area contributed by atoms with Gasteiger partial charge in [0.25, 0.3) is 0 Å². The molecule has 3 N–H and O–H groups in total. The molecule has 0 bridgehead atoms. The molecule has 0 spiro atoms. The van der Waals surface area contributed by atoms with Crippen LogP contribution in [0.3, 0.4) is 0 Å². The van der Waals surface area contributed by atoms with Gasteiger partial charge in [-0.15, -0.1) is 0 Å². The second-order valence-electron chi connectivity index (χ2n) is 3.37. The van der Waals surface area contributed by atoms with E-state index in [1.807, 2.05) is 0 Å². The van der Waals surface area contributed by atoms with Gasteiger partial charge in [0.05, 0.1) is 17.3 Å². The molecular weight excluding hydrogens is 228 g/mol. The second kappa shape index (κ2) is 4.98. The molecule has 0 atom stereocenters. The number of hydrogen-bond donors (Lipinski definition) is 2. The van der Waals surface area contributed by atoms with Crippen molar-refractivity contribution in [3.63, 3.8) is 0 Å². The van der Waals surface area contributed by atoms with Gasteiger partial charge in [0.2, 0.25) is 0 Å². The fraction of sp³-hybridized carbons (Fsp3) is 0.300. The van der Waals surface area contributed by atoms with Gasteiger partial charge in [-0.05, 0) is 24.3 Å². The molecule has 6 heteroatoms. The molecule has 0 saturated carbocycles. The number of rotatable bonds is 5. The molecule has 0 saturated heterocycles. The first-order valence-corrected chi connectivity index (χ1v) is 6.54. The smallest absolute Gasteiger partial charge is 0.175 e. The van der Waals surface area contributed by atoms with Crippen molar-refractivity contribution in [1.82, 2.24) is 0 Å². The number of amidine groups is 1. The molecule has 16 heavy (non-hydrogen) atoms. The normalized spacial score (nSPS) is 11.1. The molecule has 88 valence electrons. The Balaban J connectivity index is 2.62. The first-order valence-electron chi connectivity index (χ1n) is 4.65. The third-order valence-corrected chi connectivity index (χ3v) is 3.02. The molecular formula is C10H14N2O3S. The number of nitrogens with two attached hydrogens (primary N) is 1. The molecule has 0 unspecified atom stereocenters. The minimum atomic E-state index is -3.16. The summed E-state index contributed by atoms with van der Waals surface area (Å²) in [5.41, 5.74) is 5.16. The highest BCUT2D eigenvalue weighted by atomic mass is 32.2. The van der Waals surface area contributed by atoms with Crippen LogP contribution in [0.2, 0.25) is 0 Å². The highest BCUT2D eigenvalue weighted by Crippen LogP contribution is 2.15. The molecule has 0 heterocycles. The van der Waals surface area contributed by atoms with Crippen molar-refractivity contribution >= 4 is 15.7 Å². The van der Waals surface area contributed by atoms with Gasteiger partial charge in [-0.2, -0.15) is 0 Å². The fourth-order valence-corrected chi connectivity index (χ4v) is 1.69. The van der Waals surface area contributed by atoms with Gasteiger partial charge in [0.15, 0.2) is 9.84 Å². The minimum Gasteiger partial charge on any atom is -0.493 e. The zero-order valence-corrected chi connectivity index (χ0v) is 9.75. The number of sulfone groups is 1. The highest BCUT2D eigenvalue weighted by molar-refractivity contribution is 7.90. The van der Waals surface area contributed by atoms with E-state index in [1.54, 1.807) is 12.1 Å². The quantitative estimate of drug-likeness (QED) is 0.589. The van der Waals surface area contributed by atoms with Gasteiger partial charge in [-0.25, -0.2) is 8.42 Å². The SMILES string of the molecule is CS(=O)(=O)c1ccc(OCCC(=N)N)cc1. The Morgan fingerprint density at radius 3 is 2.38 bits per heavy atom. The van der Waals surface area contributed by atoms with Crippen molar-refractivity contribution in [1.29, 1.82) is 5.41 Å². The number of nitrogens with one attached hydrogen (secondary N) is 1. The predicted octanol–water partition coefficient (Wildman–Crippen LogP) is 0.795. The van der Waals surface area contributed by atoms with Crippen LogP contribution in [0.1, 0.15) is 6.42 Å². The molecule has 0 aromatic heterocycles. The third kappa shape index (κ3) is 3.90. The maximum atomic E-state index is 11.2. The second-order valence-corrected chi connectivity index (χ2v) is 5.38. The number of hydrogen-bond acceptors (Lipinski definition) is 4. The highest BCUT2D eigenvalue weighted by Gasteiger charge is 2.06. The summed E-state index contributed by atoms with van der Waals surface area (Å²) in [7, 11) is -3.16. The molecule has 0 aliphatic carbocycles. The summed E-state index contributed by atoms with van der Waals surface area (Å²) in [6, 6.07) is 6.13. The monoisotopic (exact) mass is 242 g/mol. The van der Waals surface area contributed by atoms with E-state index < -0.39 is 9.84 Å². The summed E-state index contributed by atoms with van der Waals surface area (Å²) < 4.78 is 27.6. The van der Waals surface area contributed by atoms with Gasteiger partial charge < -0.3 is 10.5 Å². The lowest BCUT2D eigenvalue weighted by Crippen LogP contribution is -2.13. The summed E-state index contributed by atoms with van der Waals surface area (Å²) in [5.74, 6) is 0.626. The molecule has 0 aliphatic heterocycles. The molecule has 1 aromatic rings. The number of ether oxygens (including phenoxy) is 1. The Bertz CT molecular complexity index is 465. The van der Waals surface area contributed by atoms with Crippen LogP contribution < -0.4 is 10.5 Å². The maximum absolute atomic E-state index is 11.2. The van der Waals surface area contributed by atoms with E-state index >= 15 is 0 Å². The van der Waals surface area contributed by atoms with Crippen LogP contribution >= 0.6 is 0 Å². The third-order valence-electron chi connectivity index (χ3n) is 1.89. The molecule has 0 fully saturated rings. The lowest BCUT2D eigenvalue weighted by Gasteiger charge is -2.05. The van der Waals surface area contributed by atoms with Crippen molar-refractivity contribution in [2.24, 2.45) is 5.73 Å². The summed E-state index contributed by atoms with van der Waals surface area (Å²) in [6.07, 6.45) is 1.51. The van der Waals surface area contributed by atoms with Crippen molar-refractivity contribution < 1.29 is 13.2 Å². The van der Waals surface area contributed by atoms with E-state index in [4.69, 9.17) is 15.9 Å². The fourth-order valence-electron chi connectivity index (χ4n) is 1.06. The van der Waals surface area contributed by atoms with Crippen LogP contribution in [0.25, 0.3) is 0 Å². The van der Waals surface area contributed by atoms with Crippen LogP contribution in [0, 0.1) is 5.41 Å². The van der Waals surface area contributed by atoms with Gasteiger partial charge in [0, 0.05) is 12.7 Å². The van der Waals surface area contributed by atoms with Crippen molar-refractivity contribution in [3.05, 3.63) is 24.3 Å². The van der Waals surface area contributed by atoms with E-state index in [1.165, 1.54) is 12.1 Å². The van der Waals surface area contributed by atoms with Gasteiger partial charge in [-0.1, -0.05) is 0 Å². The molecule has 1 rings (SSSR count). The molecule has 0 radical (unpaired) electrons. The zero-order valence-electron chi connectivity index (χ0n) is 8.93. The molecule has 0 amide bonds. The van der Waals surface area contributed by atoms with Crippen LogP contribution in [0.15, 0.2) is 29.2 Å². The van der Waals surface area contributed by atoms with Crippen LogP contribution in [0.5, 0.6) is 5.75 Å². The minimum absolute atomic E-state index is 0.0627. The average molecular weight is 242 g/mol. The summed E-state index contributed by atoms with van der Waals surface area (Å²) >= 11 is 0.